The Morgan fingerprint density at radius 2 is 1.71 bits per heavy atom. The molecule has 122 valence electrons. The van der Waals surface area contributed by atoms with Crippen molar-refractivity contribution in [1.82, 2.24) is 10.2 Å². The molecule has 0 radical (unpaired) electrons. The van der Waals surface area contributed by atoms with Gasteiger partial charge in [0.15, 0.2) is 0 Å². The summed E-state index contributed by atoms with van der Waals surface area (Å²) in [5.41, 5.74) is 1.73. The molecule has 1 aliphatic rings. The Hall–Kier alpha value is -3.02. The first-order valence-corrected chi connectivity index (χ1v) is 7.44. The van der Waals surface area contributed by atoms with E-state index in [0.717, 1.165) is 4.90 Å². The summed E-state index contributed by atoms with van der Waals surface area (Å²) in [5.74, 6) is -1.79. The van der Waals surface area contributed by atoms with Crippen molar-refractivity contribution in [2.24, 2.45) is 0 Å². The SMILES string of the molecule is Cc1ccc(CNC(=O)CN2C(=O)c3ccccc3C2=O)cc1F. The summed E-state index contributed by atoms with van der Waals surface area (Å²) < 4.78 is 13.5. The quantitative estimate of drug-likeness (QED) is 0.875. The van der Waals surface area contributed by atoms with Crippen molar-refractivity contribution >= 4 is 17.7 Å². The number of amides is 3. The van der Waals surface area contributed by atoms with Gasteiger partial charge in [0, 0.05) is 6.54 Å². The topological polar surface area (TPSA) is 66.5 Å². The molecular weight excluding hydrogens is 311 g/mol. The Balaban J connectivity index is 1.63. The van der Waals surface area contributed by atoms with E-state index in [-0.39, 0.29) is 18.9 Å². The van der Waals surface area contributed by atoms with Gasteiger partial charge in [-0.2, -0.15) is 0 Å². The molecule has 2 aromatic rings. The summed E-state index contributed by atoms with van der Waals surface area (Å²) in [7, 11) is 0. The van der Waals surface area contributed by atoms with Crippen LogP contribution in [0, 0.1) is 12.7 Å². The lowest BCUT2D eigenvalue weighted by atomic mass is 10.1. The average molecular weight is 326 g/mol. The van der Waals surface area contributed by atoms with Crippen LogP contribution in [0.5, 0.6) is 0 Å². The number of imide groups is 1. The molecule has 0 spiro atoms. The Morgan fingerprint density at radius 1 is 1.08 bits per heavy atom. The van der Waals surface area contributed by atoms with Crippen LogP contribution in [0.25, 0.3) is 0 Å². The molecule has 6 heteroatoms. The van der Waals surface area contributed by atoms with E-state index in [9.17, 15) is 18.8 Å². The van der Waals surface area contributed by atoms with Gasteiger partial charge in [0.1, 0.15) is 12.4 Å². The number of carbonyl (C=O) groups excluding carboxylic acids is 3. The van der Waals surface area contributed by atoms with Crippen LogP contribution in [0.2, 0.25) is 0 Å². The first kappa shape index (κ1) is 15.9. The number of nitrogens with one attached hydrogen (secondary N) is 1. The lowest BCUT2D eigenvalue weighted by Crippen LogP contribution is -2.40. The Labute approximate surface area is 138 Å². The van der Waals surface area contributed by atoms with Crippen molar-refractivity contribution < 1.29 is 18.8 Å². The van der Waals surface area contributed by atoms with Crippen LogP contribution < -0.4 is 5.32 Å². The second-order valence-corrected chi connectivity index (χ2v) is 5.60. The molecule has 24 heavy (non-hydrogen) atoms. The minimum Gasteiger partial charge on any atom is -0.350 e. The van der Waals surface area contributed by atoms with Crippen molar-refractivity contribution in [1.29, 1.82) is 0 Å². The number of rotatable bonds is 4. The van der Waals surface area contributed by atoms with E-state index < -0.39 is 17.7 Å². The zero-order valence-electron chi connectivity index (χ0n) is 13.0. The molecule has 2 aromatic carbocycles. The predicted octanol–water partition coefficient (Wildman–Crippen LogP) is 2.05. The molecule has 1 heterocycles. The number of benzene rings is 2. The van der Waals surface area contributed by atoms with Crippen LogP contribution in [0.15, 0.2) is 42.5 Å². The fraction of sp³-hybridized carbons (Fsp3) is 0.167. The molecule has 5 nitrogen and oxygen atoms in total. The van der Waals surface area contributed by atoms with Crippen molar-refractivity contribution in [2.45, 2.75) is 13.5 Å². The second kappa shape index (κ2) is 6.23. The standard InChI is InChI=1S/C18H15FN2O3/c1-11-6-7-12(8-15(11)19)9-20-16(22)10-21-17(23)13-4-2-3-5-14(13)18(21)24/h2-8H,9-10H2,1H3,(H,20,22). The van der Waals surface area contributed by atoms with Gasteiger partial charge in [-0.1, -0.05) is 24.3 Å². The minimum absolute atomic E-state index is 0.124. The summed E-state index contributed by atoms with van der Waals surface area (Å²) in [4.78, 5) is 37.3. The third-order valence-electron chi connectivity index (χ3n) is 3.91. The fourth-order valence-electron chi connectivity index (χ4n) is 2.53. The van der Waals surface area contributed by atoms with E-state index in [2.05, 4.69) is 5.32 Å². The molecule has 0 atom stereocenters. The van der Waals surface area contributed by atoms with E-state index in [1.807, 2.05) is 0 Å². The number of nitrogens with zero attached hydrogens (tertiary/aromatic N) is 1. The van der Waals surface area contributed by atoms with Crippen LogP contribution in [0.3, 0.4) is 0 Å². The highest BCUT2D eigenvalue weighted by Gasteiger charge is 2.36. The fourth-order valence-corrected chi connectivity index (χ4v) is 2.53. The van der Waals surface area contributed by atoms with E-state index in [4.69, 9.17) is 0 Å². The summed E-state index contributed by atoms with van der Waals surface area (Å²) in [6.07, 6.45) is 0. The maximum atomic E-state index is 13.5. The van der Waals surface area contributed by atoms with Gasteiger partial charge in [0.2, 0.25) is 5.91 Å². The van der Waals surface area contributed by atoms with Crippen molar-refractivity contribution in [3.8, 4) is 0 Å². The zero-order chi connectivity index (χ0) is 17.3. The van der Waals surface area contributed by atoms with Gasteiger partial charge in [-0.15, -0.1) is 0 Å². The smallest absolute Gasteiger partial charge is 0.262 e. The molecule has 0 bridgehead atoms. The molecule has 0 saturated carbocycles. The van der Waals surface area contributed by atoms with Gasteiger partial charge >= 0.3 is 0 Å². The highest BCUT2D eigenvalue weighted by molar-refractivity contribution is 6.22. The first-order valence-electron chi connectivity index (χ1n) is 7.44. The number of fused-ring (bicyclic) bond motifs is 1. The normalized spacial score (nSPS) is 13.2. The van der Waals surface area contributed by atoms with E-state index in [0.29, 0.717) is 22.3 Å². The van der Waals surface area contributed by atoms with Crippen LogP contribution in [-0.2, 0) is 11.3 Å². The lowest BCUT2D eigenvalue weighted by Gasteiger charge is -2.13. The monoisotopic (exact) mass is 326 g/mol. The van der Waals surface area contributed by atoms with Crippen LogP contribution >= 0.6 is 0 Å². The van der Waals surface area contributed by atoms with Crippen molar-refractivity contribution in [3.05, 3.63) is 70.5 Å². The van der Waals surface area contributed by atoms with Gasteiger partial charge in [-0.3, -0.25) is 19.3 Å². The zero-order valence-corrected chi connectivity index (χ0v) is 13.0. The van der Waals surface area contributed by atoms with Gasteiger partial charge in [0.05, 0.1) is 11.1 Å². The van der Waals surface area contributed by atoms with Crippen molar-refractivity contribution in [2.75, 3.05) is 6.54 Å². The largest absolute Gasteiger partial charge is 0.350 e. The van der Waals surface area contributed by atoms with Crippen LogP contribution in [-0.4, -0.2) is 29.2 Å². The molecule has 0 aromatic heterocycles. The Kier molecular flexibility index (Phi) is 4.12. The van der Waals surface area contributed by atoms with E-state index in [1.54, 1.807) is 43.3 Å². The second-order valence-electron chi connectivity index (χ2n) is 5.60. The number of hydrogen-bond acceptors (Lipinski definition) is 3. The molecular formula is C18H15FN2O3. The number of aryl methyl sites for hydroxylation is 1. The van der Waals surface area contributed by atoms with Crippen molar-refractivity contribution in [3.63, 3.8) is 0 Å². The van der Waals surface area contributed by atoms with Crippen LogP contribution in [0.1, 0.15) is 31.8 Å². The van der Waals surface area contributed by atoms with Gasteiger partial charge < -0.3 is 5.32 Å². The summed E-state index contributed by atoms with van der Waals surface area (Å²) in [5, 5.41) is 2.59. The third-order valence-corrected chi connectivity index (χ3v) is 3.91. The Morgan fingerprint density at radius 3 is 2.29 bits per heavy atom. The lowest BCUT2D eigenvalue weighted by molar-refractivity contribution is -0.121. The minimum atomic E-state index is -0.481. The number of carbonyl (C=O) groups is 3. The highest BCUT2D eigenvalue weighted by Crippen LogP contribution is 2.21. The maximum absolute atomic E-state index is 13.5. The molecule has 0 fully saturated rings. The number of halogens is 1. The van der Waals surface area contributed by atoms with Gasteiger partial charge in [-0.05, 0) is 36.2 Å². The molecule has 0 aliphatic carbocycles. The first-order chi connectivity index (χ1) is 11.5. The molecule has 0 saturated heterocycles. The van der Waals surface area contributed by atoms with Gasteiger partial charge in [0.25, 0.3) is 11.8 Å². The maximum Gasteiger partial charge on any atom is 0.262 e. The molecule has 1 aliphatic heterocycles. The summed E-state index contributed by atoms with van der Waals surface area (Å²) >= 11 is 0. The van der Waals surface area contributed by atoms with E-state index in [1.165, 1.54) is 6.07 Å². The third kappa shape index (κ3) is 2.90. The molecule has 0 unspecified atom stereocenters. The van der Waals surface area contributed by atoms with E-state index >= 15 is 0 Å². The average Bonchev–Trinajstić information content (AvgIpc) is 2.81. The molecule has 3 amide bonds. The number of hydrogen-bond donors (Lipinski definition) is 1. The summed E-state index contributed by atoms with van der Waals surface area (Å²) in [6.45, 7) is 1.42. The Bertz CT molecular complexity index is 813. The predicted molar refractivity (Wildman–Crippen MR) is 84.8 cm³/mol. The van der Waals surface area contributed by atoms with Crippen LogP contribution in [0.4, 0.5) is 4.39 Å². The molecule has 3 rings (SSSR count). The molecule has 1 N–H and O–H groups in total. The highest BCUT2D eigenvalue weighted by atomic mass is 19.1. The summed E-state index contributed by atoms with van der Waals surface area (Å²) in [6, 6.07) is 11.1. The van der Waals surface area contributed by atoms with Gasteiger partial charge in [-0.25, -0.2) is 4.39 Å².